The second kappa shape index (κ2) is 5.67. The van der Waals surface area contributed by atoms with E-state index in [0.29, 0.717) is 11.8 Å². The molecule has 4 heteroatoms. The predicted molar refractivity (Wildman–Crippen MR) is 84.2 cm³/mol. The second-order valence-corrected chi connectivity index (χ2v) is 7.93. The van der Waals surface area contributed by atoms with Gasteiger partial charge in [0.1, 0.15) is 11.6 Å². The van der Waals surface area contributed by atoms with Crippen molar-refractivity contribution in [3.8, 4) is 0 Å². The summed E-state index contributed by atoms with van der Waals surface area (Å²) in [5.74, 6) is 3.19. The van der Waals surface area contributed by atoms with Gasteiger partial charge in [0.15, 0.2) is 0 Å². The van der Waals surface area contributed by atoms with E-state index in [1.54, 1.807) is 0 Å². The Morgan fingerprint density at radius 1 is 1.20 bits per heavy atom. The Balaban J connectivity index is 2.52. The molecule has 2 rings (SSSR count). The molecule has 1 aliphatic carbocycles. The molecule has 0 radical (unpaired) electrons. The van der Waals surface area contributed by atoms with Crippen molar-refractivity contribution in [2.24, 2.45) is 5.92 Å². The summed E-state index contributed by atoms with van der Waals surface area (Å²) < 4.78 is 2.30. The SMILES string of the molecule is CC(C)CC1(c2nnc(CCl)n2C(C)(C)C)CCCC1. The molecule has 1 saturated carbocycles. The lowest BCUT2D eigenvalue weighted by Gasteiger charge is -2.34. The van der Waals surface area contributed by atoms with Crippen LogP contribution in [-0.4, -0.2) is 14.8 Å². The molecule has 0 aromatic carbocycles. The molecule has 1 aromatic heterocycles. The van der Waals surface area contributed by atoms with Crippen LogP contribution in [0.15, 0.2) is 0 Å². The lowest BCUT2D eigenvalue weighted by Crippen LogP contribution is -2.35. The van der Waals surface area contributed by atoms with Crippen LogP contribution in [0.3, 0.4) is 0 Å². The number of aromatic nitrogens is 3. The molecule has 1 aromatic rings. The van der Waals surface area contributed by atoms with Crippen LogP contribution in [0, 0.1) is 5.92 Å². The van der Waals surface area contributed by atoms with E-state index >= 15 is 0 Å². The summed E-state index contributed by atoms with van der Waals surface area (Å²) in [6.07, 6.45) is 6.28. The summed E-state index contributed by atoms with van der Waals surface area (Å²) in [5.41, 5.74) is 0.189. The van der Waals surface area contributed by atoms with Gasteiger partial charge in [-0.05, 0) is 46.0 Å². The summed E-state index contributed by atoms with van der Waals surface area (Å²) >= 11 is 6.09. The van der Waals surface area contributed by atoms with Gasteiger partial charge in [-0.2, -0.15) is 0 Å². The number of nitrogens with zero attached hydrogens (tertiary/aromatic N) is 3. The third-order valence-electron chi connectivity index (χ3n) is 4.35. The fourth-order valence-electron chi connectivity index (χ4n) is 3.80. The highest BCUT2D eigenvalue weighted by Gasteiger charge is 2.42. The van der Waals surface area contributed by atoms with Gasteiger partial charge in [0.2, 0.25) is 0 Å². The summed E-state index contributed by atoms with van der Waals surface area (Å²) in [4.78, 5) is 0. The predicted octanol–water partition coefficient (Wildman–Crippen LogP) is 4.63. The zero-order valence-corrected chi connectivity index (χ0v) is 14.3. The van der Waals surface area contributed by atoms with Crippen LogP contribution < -0.4 is 0 Å². The van der Waals surface area contributed by atoms with Crippen LogP contribution in [0.1, 0.15) is 78.4 Å². The van der Waals surface area contributed by atoms with Crippen LogP contribution in [0.4, 0.5) is 0 Å². The Bertz CT molecular complexity index is 451. The molecule has 0 unspecified atom stereocenters. The van der Waals surface area contributed by atoms with E-state index in [4.69, 9.17) is 11.6 Å². The lowest BCUT2D eigenvalue weighted by molar-refractivity contribution is 0.280. The van der Waals surface area contributed by atoms with Crippen LogP contribution >= 0.6 is 11.6 Å². The summed E-state index contributed by atoms with van der Waals surface area (Å²) in [7, 11) is 0. The maximum atomic E-state index is 6.09. The fraction of sp³-hybridized carbons (Fsp3) is 0.875. The van der Waals surface area contributed by atoms with E-state index in [2.05, 4.69) is 49.4 Å². The second-order valence-electron chi connectivity index (χ2n) is 7.67. The minimum atomic E-state index is -0.0182. The quantitative estimate of drug-likeness (QED) is 0.759. The summed E-state index contributed by atoms with van der Waals surface area (Å²) in [5, 5.41) is 8.97. The Hall–Kier alpha value is -0.570. The van der Waals surface area contributed by atoms with Crippen molar-refractivity contribution < 1.29 is 0 Å². The highest BCUT2D eigenvalue weighted by Crippen LogP contribution is 2.46. The van der Waals surface area contributed by atoms with Crippen molar-refractivity contribution in [2.75, 3.05) is 0 Å². The molecular weight excluding hydrogens is 270 g/mol. The average molecular weight is 298 g/mol. The maximum absolute atomic E-state index is 6.09. The molecule has 0 bridgehead atoms. The molecule has 20 heavy (non-hydrogen) atoms. The highest BCUT2D eigenvalue weighted by molar-refractivity contribution is 6.16. The van der Waals surface area contributed by atoms with E-state index in [0.717, 1.165) is 5.82 Å². The lowest BCUT2D eigenvalue weighted by atomic mass is 9.77. The first-order valence-corrected chi connectivity index (χ1v) is 8.35. The van der Waals surface area contributed by atoms with Crippen LogP contribution in [0.2, 0.25) is 0 Å². The zero-order chi connectivity index (χ0) is 15.0. The van der Waals surface area contributed by atoms with E-state index < -0.39 is 0 Å². The van der Waals surface area contributed by atoms with Crippen LogP contribution in [0.5, 0.6) is 0 Å². The molecule has 1 fully saturated rings. The Kier molecular flexibility index (Phi) is 4.48. The van der Waals surface area contributed by atoms with Gasteiger partial charge in [0.25, 0.3) is 0 Å². The van der Waals surface area contributed by atoms with Crippen molar-refractivity contribution >= 4 is 11.6 Å². The molecule has 0 saturated heterocycles. The van der Waals surface area contributed by atoms with E-state index in [1.165, 1.54) is 37.9 Å². The van der Waals surface area contributed by atoms with E-state index in [-0.39, 0.29) is 11.0 Å². The highest BCUT2D eigenvalue weighted by atomic mass is 35.5. The Morgan fingerprint density at radius 3 is 2.25 bits per heavy atom. The smallest absolute Gasteiger partial charge is 0.148 e. The van der Waals surface area contributed by atoms with Gasteiger partial charge in [0.05, 0.1) is 5.88 Å². The van der Waals surface area contributed by atoms with Gasteiger partial charge in [-0.15, -0.1) is 21.8 Å². The molecule has 1 aliphatic rings. The third kappa shape index (κ3) is 2.88. The van der Waals surface area contributed by atoms with Crippen molar-refractivity contribution in [1.82, 2.24) is 14.8 Å². The molecule has 0 N–H and O–H groups in total. The molecule has 1 heterocycles. The number of halogens is 1. The van der Waals surface area contributed by atoms with Gasteiger partial charge < -0.3 is 4.57 Å². The molecule has 0 atom stereocenters. The van der Waals surface area contributed by atoms with E-state index in [1.807, 2.05) is 0 Å². The van der Waals surface area contributed by atoms with Crippen molar-refractivity contribution in [3.63, 3.8) is 0 Å². The number of hydrogen-bond donors (Lipinski definition) is 0. The number of rotatable bonds is 4. The summed E-state index contributed by atoms with van der Waals surface area (Å²) in [6.45, 7) is 11.3. The van der Waals surface area contributed by atoms with Crippen molar-refractivity contribution in [2.45, 2.75) is 83.6 Å². The molecule has 0 spiro atoms. The van der Waals surface area contributed by atoms with Gasteiger partial charge in [-0.1, -0.05) is 26.7 Å². The van der Waals surface area contributed by atoms with Gasteiger partial charge in [-0.3, -0.25) is 0 Å². The fourth-order valence-corrected chi connectivity index (χ4v) is 3.98. The Morgan fingerprint density at radius 2 is 1.80 bits per heavy atom. The van der Waals surface area contributed by atoms with Crippen LogP contribution in [0.25, 0.3) is 0 Å². The monoisotopic (exact) mass is 297 g/mol. The third-order valence-corrected chi connectivity index (χ3v) is 4.59. The Labute approximate surface area is 128 Å². The molecule has 0 aliphatic heterocycles. The molecular formula is C16H28ClN3. The van der Waals surface area contributed by atoms with E-state index in [9.17, 15) is 0 Å². The largest absolute Gasteiger partial charge is 0.308 e. The maximum Gasteiger partial charge on any atom is 0.148 e. The zero-order valence-electron chi connectivity index (χ0n) is 13.5. The minimum Gasteiger partial charge on any atom is -0.308 e. The first kappa shape index (κ1) is 15.8. The molecule has 114 valence electrons. The minimum absolute atomic E-state index is 0.0182. The van der Waals surface area contributed by atoms with Gasteiger partial charge in [0, 0.05) is 11.0 Å². The first-order valence-electron chi connectivity index (χ1n) is 7.81. The number of hydrogen-bond acceptors (Lipinski definition) is 2. The van der Waals surface area contributed by atoms with Gasteiger partial charge >= 0.3 is 0 Å². The molecule has 3 nitrogen and oxygen atoms in total. The standard InChI is InChI=1S/C16H28ClN3/c1-12(2)10-16(8-6-7-9-16)14-19-18-13(11-17)20(14)15(3,4)5/h12H,6-11H2,1-5H3. The first-order chi connectivity index (χ1) is 9.30. The van der Waals surface area contributed by atoms with Crippen LogP contribution in [-0.2, 0) is 16.8 Å². The molecule has 0 amide bonds. The topological polar surface area (TPSA) is 30.7 Å². The normalized spacial score (nSPS) is 18.9. The van der Waals surface area contributed by atoms with Crippen molar-refractivity contribution in [1.29, 1.82) is 0 Å². The average Bonchev–Trinajstić information content (AvgIpc) is 2.92. The van der Waals surface area contributed by atoms with Gasteiger partial charge in [-0.25, -0.2) is 0 Å². The number of alkyl halides is 1. The summed E-state index contributed by atoms with van der Waals surface area (Å²) in [6, 6.07) is 0. The van der Waals surface area contributed by atoms with Crippen molar-refractivity contribution in [3.05, 3.63) is 11.6 Å².